The minimum Gasteiger partial charge on any atom is -0.336 e. The van der Waals surface area contributed by atoms with E-state index in [1.807, 2.05) is 4.90 Å². The number of nitro benzene ring substituents is 1. The highest BCUT2D eigenvalue weighted by molar-refractivity contribution is 5.96. The summed E-state index contributed by atoms with van der Waals surface area (Å²) in [6.45, 7) is 3.04. The molecule has 1 fully saturated rings. The predicted octanol–water partition coefficient (Wildman–Crippen LogP) is 2.67. The topological polar surface area (TPSA) is 89.5 Å². The number of benzene rings is 1. The molecule has 2 rings (SSSR count). The third-order valence-corrected chi connectivity index (χ3v) is 4.04. The average Bonchev–Trinajstić information content (AvgIpc) is 2.47. The molecule has 1 unspecified atom stereocenters. The Balaban J connectivity index is 0.00000242. The number of amides is 1. The molecule has 0 aliphatic carbocycles. The van der Waals surface area contributed by atoms with Crippen LogP contribution in [0.4, 0.5) is 5.69 Å². The van der Waals surface area contributed by atoms with Crippen LogP contribution >= 0.6 is 12.4 Å². The lowest BCUT2D eigenvalue weighted by Crippen LogP contribution is -2.44. The number of nitrogens with two attached hydrogens (primary N) is 1. The fourth-order valence-electron chi connectivity index (χ4n) is 2.92. The zero-order chi connectivity index (χ0) is 15.4. The summed E-state index contributed by atoms with van der Waals surface area (Å²) in [4.78, 5) is 24.9. The molecule has 2 N–H and O–H groups in total. The number of hydrogen-bond acceptors (Lipinski definition) is 4. The van der Waals surface area contributed by atoms with Gasteiger partial charge >= 0.3 is 0 Å². The van der Waals surface area contributed by atoms with Crippen LogP contribution in [0.15, 0.2) is 18.2 Å². The Morgan fingerprint density at radius 1 is 1.45 bits per heavy atom. The molecule has 1 heterocycles. The van der Waals surface area contributed by atoms with Crippen molar-refractivity contribution in [2.24, 2.45) is 5.73 Å². The number of carbonyl (C=O) groups is 1. The molecule has 0 saturated carbocycles. The number of piperidine rings is 1. The number of likely N-dealkylation sites (tertiary alicyclic amines) is 1. The molecule has 7 heteroatoms. The maximum absolute atomic E-state index is 12.7. The van der Waals surface area contributed by atoms with Gasteiger partial charge in [0.05, 0.1) is 4.92 Å². The number of rotatable bonds is 4. The van der Waals surface area contributed by atoms with Crippen molar-refractivity contribution in [3.8, 4) is 0 Å². The Morgan fingerprint density at radius 2 is 2.18 bits per heavy atom. The third-order valence-electron chi connectivity index (χ3n) is 4.04. The zero-order valence-corrected chi connectivity index (χ0v) is 13.5. The molecular formula is C15H22ClN3O3. The van der Waals surface area contributed by atoms with Crippen LogP contribution in [0.2, 0.25) is 0 Å². The van der Waals surface area contributed by atoms with E-state index < -0.39 is 4.92 Å². The van der Waals surface area contributed by atoms with Crippen molar-refractivity contribution in [1.82, 2.24) is 4.90 Å². The highest BCUT2D eigenvalue weighted by atomic mass is 35.5. The molecule has 122 valence electrons. The largest absolute Gasteiger partial charge is 0.336 e. The maximum atomic E-state index is 12.7. The molecule has 1 atom stereocenters. The average molecular weight is 328 g/mol. The van der Waals surface area contributed by atoms with Gasteiger partial charge in [0.25, 0.3) is 11.6 Å². The Kier molecular flexibility index (Phi) is 6.77. The van der Waals surface area contributed by atoms with E-state index in [0.717, 1.165) is 32.2 Å². The minimum atomic E-state index is -0.445. The lowest BCUT2D eigenvalue weighted by molar-refractivity contribution is -0.384. The number of carbonyl (C=O) groups excluding carboxylic acids is 1. The van der Waals surface area contributed by atoms with Crippen LogP contribution in [0.5, 0.6) is 0 Å². The van der Waals surface area contributed by atoms with Gasteiger partial charge in [-0.1, -0.05) is 0 Å². The summed E-state index contributed by atoms with van der Waals surface area (Å²) in [5.41, 5.74) is 6.84. The lowest BCUT2D eigenvalue weighted by atomic mass is 9.97. The Hall–Kier alpha value is -1.66. The Morgan fingerprint density at radius 3 is 2.77 bits per heavy atom. The first-order valence-corrected chi connectivity index (χ1v) is 7.30. The van der Waals surface area contributed by atoms with E-state index in [1.165, 1.54) is 12.1 Å². The number of aryl methyl sites for hydroxylation is 1. The quantitative estimate of drug-likeness (QED) is 0.680. The fraction of sp³-hybridized carbons (Fsp3) is 0.533. The lowest BCUT2D eigenvalue weighted by Gasteiger charge is -2.36. The molecular weight excluding hydrogens is 306 g/mol. The molecule has 22 heavy (non-hydrogen) atoms. The second kappa shape index (κ2) is 8.10. The van der Waals surface area contributed by atoms with Gasteiger partial charge in [0.2, 0.25) is 0 Å². The molecule has 0 bridgehead atoms. The summed E-state index contributed by atoms with van der Waals surface area (Å²) in [6.07, 6.45) is 3.90. The minimum absolute atomic E-state index is 0. The molecule has 0 spiro atoms. The first-order valence-electron chi connectivity index (χ1n) is 7.30. The SMILES string of the molecule is Cc1cc([N+](=O)[O-])ccc1C(=O)N1CCCCC1CCN.Cl. The summed E-state index contributed by atoms with van der Waals surface area (Å²) in [6, 6.07) is 4.59. The molecule has 1 aliphatic rings. The van der Waals surface area contributed by atoms with Crippen molar-refractivity contribution in [3.05, 3.63) is 39.4 Å². The van der Waals surface area contributed by atoms with Crippen molar-refractivity contribution in [2.75, 3.05) is 13.1 Å². The summed E-state index contributed by atoms with van der Waals surface area (Å²) in [7, 11) is 0. The van der Waals surface area contributed by atoms with Crippen molar-refractivity contribution in [1.29, 1.82) is 0 Å². The van der Waals surface area contributed by atoms with Gasteiger partial charge in [-0.05, 0) is 50.8 Å². The van der Waals surface area contributed by atoms with E-state index in [0.29, 0.717) is 17.7 Å². The van der Waals surface area contributed by atoms with Crippen LogP contribution in [0, 0.1) is 17.0 Å². The highest BCUT2D eigenvalue weighted by Crippen LogP contribution is 2.24. The van der Waals surface area contributed by atoms with E-state index in [1.54, 1.807) is 13.0 Å². The van der Waals surface area contributed by atoms with Gasteiger partial charge in [-0.3, -0.25) is 14.9 Å². The third kappa shape index (κ3) is 3.96. The first-order chi connectivity index (χ1) is 10.0. The molecule has 1 saturated heterocycles. The van der Waals surface area contributed by atoms with Gasteiger partial charge in [0.1, 0.15) is 0 Å². The van der Waals surface area contributed by atoms with Crippen molar-refractivity contribution < 1.29 is 9.72 Å². The van der Waals surface area contributed by atoms with Gasteiger partial charge in [-0.2, -0.15) is 0 Å². The van der Waals surface area contributed by atoms with Crippen LogP contribution < -0.4 is 5.73 Å². The van der Waals surface area contributed by atoms with Crippen LogP contribution in [0.1, 0.15) is 41.6 Å². The van der Waals surface area contributed by atoms with Crippen molar-refractivity contribution in [2.45, 2.75) is 38.6 Å². The molecule has 0 radical (unpaired) electrons. The number of non-ortho nitro benzene ring substituents is 1. The number of nitrogens with zero attached hydrogens (tertiary/aromatic N) is 2. The Labute approximate surface area is 136 Å². The molecule has 1 amide bonds. The smallest absolute Gasteiger partial charge is 0.269 e. The summed E-state index contributed by atoms with van der Waals surface area (Å²) >= 11 is 0. The second-order valence-corrected chi connectivity index (χ2v) is 5.48. The fourth-order valence-corrected chi connectivity index (χ4v) is 2.92. The predicted molar refractivity (Wildman–Crippen MR) is 87.4 cm³/mol. The van der Waals surface area contributed by atoms with Crippen molar-refractivity contribution >= 4 is 24.0 Å². The molecule has 6 nitrogen and oxygen atoms in total. The summed E-state index contributed by atoms with van der Waals surface area (Å²) < 4.78 is 0. The van der Waals surface area contributed by atoms with Gasteiger partial charge in [-0.25, -0.2) is 0 Å². The molecule has 0 aromatic heterocycles. The highest BCUT2D eigenvalue weighted by Gasteiger charge is 2.28. The van der Waals surface area contributed by atoms with Crippen molar-refractivity contribution in [3.63, 3.8) is 0 Å². The number of hydrogen-bond donors (Lipinski definition) is 1. The van der Waals surface area contributed by atoms with Crippen LogP contribution in [0.3, 0.4) is 0 Å². The summed E-state index contributed by atoms with van der Waals surface area (Å²) in [5.74, 6) is -0.0412. The monoisotopic (exact) mass is 327 g/mol. The Bertz CT molecular complexity index is 549. The van der Waals surface area contributed by atoms with E-state index >= 15 is 0 Å². The van der Waals surface area contributed by atoms with Crippen LogP contribution in [0.25, 0.3) is 0 Å². The van der Waals surface area contributed by atoms with E-state index in [4.69, 9.17) is 5.73 Å². The zero-order valence-electron chi connectivity index (χ0n) is 12.7. The normalized spacial score (nSPS) is 17.7. The molecule has 1 aromatic rings. The van der Waals surface area contributed by atoms with Crippen LogP contribution in [-0.4, -0.2) is 34.9 Å². The number of halogens is 1. The van der Waals surface area contributed by atoms with Gasteiger partial charge in [-0.15, -0.1) is 12.4 Å². The van der Waals surface area contributed by atoms with E-state index in [2.05, 4.69) is 0 Å². The van der Waals surface area contributed by atoms with Crippen LogP contribution in [-0.2, 0) is 0 Å². The second-order valence-electron chi connectivity index (χ2n) is 5.48. The number of nitro groups is 1. The maximum Gasteiger partial charge on any atom is 0.269 e. The van der Waals surface area contributed by atoms with Gasteiger partial charge in [0, 0.05) is 30.3 Å². The standard InChI is InChI=1S/C15H21N3O3.ClH/c1-11-10-13(18(20)21)5-6-14(11)15(19)17-9-3-2-4-12(17)7-8-16;/h5-6,10,12H,2-4,7-9,16H2,1H3;1H. The van der Waals surface area contributed by atoms with E-state index in [-0.39, 0.29) is 30.0 Å². The summed E-state index contributed by atoms with van der Waals surface area (Å²) in [5, 5.41) is 10.8. The first kappa shape index (κ1) is 18.4. The molecule has 1 aromatic carbocycles. The van der Waals surface area contributed by atoms with Gasteiger partial charge < -0.3 is 10.6 Å². The molecule has 1 aliphatic heterocycles. The van der Waals surface area contributed by atoms with Gasteiger partial charge in [0.15, 0.2) is 0 Å². The van der Waals surface area contributed by atoms with E-state index in [9.17, 15) is 14.9 Å².